The zero-order valence-corrected chi connectivity index (χ0v) is 17.6. The fraction of sp³-hybridized carbons (Fsp3) is 0.440. The zero-order valence-electron chi connectivity index (χ0n) is 17.6. The predicted molar refractivity (Wildman–Crippen MR) is 114 cm³/mol. The number of hydrogen-bond donors (Lipinski definition) is 1. The SMILES string of the molecule is COC(=O)c1ccc(C2Nc3c(ccc(C(=O)OC)c3C)C3C4CCC(C4)C23)cc1. The summed E-state index contributed by atoms with van der Waals surface area (Å²) in [6.07, 6.45) is 3.86. The van der Waals surface area contributed by atoms with Gasteiger partial charge in [-0.25, -0.2) is 9.59 Å². The highest BCUT2D eigenvalue weighted by molar-refractivity contribution is 5.93. The normalized spacial score (nSPS) is 28.3. The number of fused-ring (bicyclic) bond motifs is 7. The van der Waals surface area contributed by atoms with Crippen LogP contribution in [0.2, 0.25) is 0 Å². The summed E-state index contributed by atoms with van der Waals surface area (Å²) in [6, 6.07) is 12.0. The van der Waals surface area contributed by atoms with E-state index in [4.69, 9.17) is 9.47 Å². The number of carbonyl (C=O) groups excluding carboxylic acids is 2. The molecule has 5 atom stereocenters. The van der Waals surface area contributed by atoms with Crippen molar-refractivity contribution in [1.82, 2.24) is 0 Å². The first-order valence-corrected chi connectivity index (χ1v) is 10.7. The van der Waals surface area contributed by atoms with Crippen LogP contribution in [0.25, 0.3) is 0 Å². The van der Waals surface area contributed by atoms with Crippen LogP contribution in [-0.4, -0.2) is 26.2 Å². The second-order valence-corrected chi connectivity index (χ2v) is 8.87. The molecule has 1 heterocycles. The summed E-state index contributed by atoms with van der Waals surface area (Å²) in [7, 11) is 2.82. The van der Waals surface area contributed by atoms with Gasteiger partial charge < -0.3 is 14.8 Å². The largest absolute Gasteiger partial charge is 0.465 e. The van der Waals surface area contributed by atoms with Crippen molar-refractivity contribution in [3.05, 3.63) is 64.2 Å². The van der Waals surface area contributed by atoms with Crippen LogP contribution >= 0.6 is 0 Å². The number of hydrogen-bond acceptors (Lipinski definition) is 5. The molecule has 2 bridgehead atoms. The number of rotatable bonds is 3. The molecule has 0 aromatic heterocycles. The van der Waals surface area contributed by atoms with Crippen molar-refractivity contribution in [1.29, 1.82) is 0 Å². The van der Waals surface area contributed by atoms with Gasteiger partial charge in [0.05, 0.1) is 31.4 Å². The molecule has 5 nitrogen and oxygen atoms in total. The maximum absolute atomic E-state index is 12.3. The molecule has 2 aliphatic carbocycles. The van der Waals surface area contributed by atoms with Crippen LogP contribution < -0.4 is 5.32 Å². The van der Waals surface area contributed by atoms with Gasteiger partial charge >= 0.3 is 11.9 Å². The molecule has 0 radical (unpaired) electrons. The third-order valence-electron chi connectivity index (χ3n) is 7.62. The highest BCUT2D eigenvalue weighted by Gasteiger charge is 2.54. The van der Waals surface area contributed by atoms with Crippen molar-refractivity contribution in [3.63, 3.8) is 0 Å². The summed E-state index contributed by atoms with van der Waals surface area (Å²) in [5.74, 6) is 1.85. The Kier molecular flexibility index (Phi) is 4.57. The minimum absolute atomic E-state index is 0.163. The quantitative estimate of drug-likeness (QED) is 0.739. The van der Waals surface area contributed by atoms with Crippen LogP contribution in [0.5, 0.6) is 0 Å². The highest BCUT2D eigenvalue weighted by atomic mass is 16.5. The summed E-state index contributed by atoms with van der Waals surface area (Å²) in [5.41, 5.74) is 5.74. The first-order valence-electron chi connectivity index (χ1n) is 10.7. The molecule has 156 valence electrons. The molecular weight excluding hydrogens is 378 g/mol. The lowest BCUT2D eigenvalue weighted by molar-refractivity contribution is 0.0591. The molecule has 3 aliphatic rings. The maximum Gasteiger partial charge on any atom is 0.338 e. The van der Waals surface area contributed by atoms with Crippen LogP contribution in [0.3, 0.4) is 0 Å². The summed E-state index contributed by atoms with van der Waals surface area (Å²) >= 11 is 0. The molecule has 0 amide bonds. The number of anilines is 1. The second kappa shape index (κ2) is 7.15. The molecule has 30 heavy (non-hydrogen) atoms. The van der Waals surface area contributed by atoms with Crippen LogP contribution in [0.4, 0.5) is 5.69 Å². The molecule has 5 heteroatoms. The predicted octanol–water partition coefficient (Wildman–Crippen LogP) is 4.86. The third-order valence-corrected chi connectivity index (χ3v) is 7.62. The van der Waals surface area contributed by atoms with E-state index in [-0.39, 0.29) is 18.0 Å². The van der Waals surface area contributed by atoms with Gasteiger partial charge in [0.2, 0.25) is 0 Å². The van der Waals surface area contributed by atoms with E-state index >= 15 is 0 Å². The van der Waals surface area contributed by atoms with E-state index in [0.29, 0.717) is 34.8 Å². The molecule has 2 aromatic rings. The molecule has 2 aromatic carbocycles. The van der Waals surface area contributed by atoms with Gasteiger partial charge in [-0.15, -0.1) is 0 Å². The van der Waals surface area contributed by atoms with Gasteiger partial charge in [0.1, 0.15) is 0 Å². The molecular formula is C25H27NO4. The highest BCUT2D eigenvalue weighted by Crippen LogP contribution is 2.64. The average molecular weight is 405 g/mol. The molecule has 1 N–H and O–H groups in total. The monoisotopic (exact) mass is 405 g/mol. The summed E-state index contributed by atoms with van der Waals surface area (Å²) in [4.78, 5) is 24.1. The van der Waals surface area contributed by atoms with Crippen LogP contribution in [0.15, 0.2) is 36.4 Å². The van der Waals surface area contributed by atoms with Crippen molar-refractivity contribution in [2.24, 2.45) is 17.8 Å². The average Bonchev–Trinajstić information content (AvgIpc) is 3.41. The van der Waals surface area contributed by atoms with Gasteiger partial charge in [-0.2, -0.15) is 0 Å². The van der Waals surface area contributed by atoms with Crippen LogP contribution in [0.1, 0.15) is 68.6 Å². The Morgan fingerprint density at radius 2 is 1.63 bits per heavy atom. The number of methoxy groups -OCH3 is 2. The molecule has 0 saturated heterocycles. The fourth-order valence-corrected chi connectivity index (χ4v) is 6.31. The summed E-state index contributed by atoms with van der Waals surface area (Å²) < 4.78 is 9.83. The second-order valence-electron chi connectivity index (χ2n) is 8.87. The zero-order chi connectivity index (χ0) is 21.0. The molecule has 5 rings (SSSR count). The number of esters is 2. The lowest BCUT2D eigenvalue weighted by Gasteiger charge is -2.44. The Morgan fingerprint density at radius 1 is 0.933 bits per heavy atom. The van der Waals surface area contributed by atoms with Crippen molar-refractivity contribution in [2.75, 3.05) is 19.5 Å². The Labute approximate surface area is 176 Å². The van der Waals surface area contributed by atoms with E-state index in [1.54, 1.807) is 0 Å². The Hall–Kier alpha value is -2.82. The summed E-state index contributed by atoms with van der Waals surface area (Å²) in [5, 5.41) is 3.80. The smallest absolute Gasteiger partial charge is 0.338 e. The van der Waals surface area contributed by atoms with Crippen molar-refractivity contribution >= 4 is 17.6 Å². The van der Waals surface area contributed by atoms with Crippen LogP contribution in [0, 0.1) is 24.7 Å². The maximum atomic E-state index is 12.3. The first-order chi connectivity index (χ1) is 14.5. The van der Waals surface area contributed by atoms with E-state index in [1.165, 1.54) is 44.6 Å². The Morgan fingerprint density at radius 3 is 2.33 bits per heavy atom. The van der Waals surface area contributed by atoms with E-state index in [0.717, 1.165) is 11.3 Å². The number of benzene rings is 2. The van der Waals surface area contributed by atoms with Gasteiger partial charge in [-0.1, -0.05) is 18.2 Å². The number of nitrogens with one attached hydrogen (secondary N) is 1. The van der Waals surface area contributed by atoms with Gasteiger partial charge in [0.25, 0.3) is 0 Å². The molecule has 2 fully saturated rings. The molecule has 0 spiro atoms. The Bertz CT molecular complexity index is 1010. The lowest BCUT2D eigenvalue weighted by Crippen LogP contribution is -2.36. The van der Waals surface area contributed by atoms with Crippen molar-refractivity contribution < 1.29 is 19.1 Å². The van der Waals surface area contributed by atoms with Crippen molar-refractivity contribution in [3.8, 4) is 0 Å². The van der Waals surface area contributed by atoms with E-state index in [1.807, 2.05) is 37.3 Å². The molecule has 2 saturated carbocycles. The van der Waals surface area contributed by atoms with E-state index in [9.17, 15) is 9.59 Å². The molecule has 5 unspecified atom stereocenters. The van der Waals surface area contributed by atoms with Gasteiger partial charge in [0, 0.05) is 5.69 Å². The fourth-order valence-electron chi connectivity index (χ4n) is 6.31. The lowest BCUT2D eigenvalue weighted by atomic mass is 9.67. The topological polar surface area (TPSA) is 64.6 Å². The third kappa shape index (κ3) is 2.75. The van der Waals surface area contributed by atoms with Gasteiger partial charge in [0.15, 0.2) is 0 Å². The Balaban J connectivity index is 1.59. The first kappa shape index (κ1) is 19.2. The number of ether oxygens (including phenoxy) is 2. The summed E-state index contributed by atoms with van der Waals surface area (Å²) in [6.45, 7) is 2.00. The van der Waals surface area contributed by atoms with E-state index in [2.05, 4.69) is 11.4 Å². The number of carbonyl (C=O) groups is 2. The minimum atomic E-state index is -0.320. The van der Waals surface area contributed by atoms with Gasteiger partial charge in [-0.05, 0) is 84.7 Å². The van der Waals surface area contributed by atoms with Gasteiger partial charge in [-0.3, -0.25) is 0 Å². The van der Waals surface area contributed by atoms with E-state index < -0.39 is 0 Å². The molecule has 1 aliphatic heterocycles. The van der Waals surface area contributed by atoms with Crippen LogP contribution in [-0.2, 0) is 9.47 Å². The van der Waals surface area contributed by atoms with Crippen molar-refractivity contribution in [2.45, 2.75) is 38.1 Å². The standard InChI is InChI=1S/C25H27NO4/c1-13-18(25(28)30-3)10-11-19-20-16-8-9-17(12-16)21(20)23(26-22(13)19)14-4-6-15(7-5-14)24(27)29-2/h4-7,10-11,16-17,20-21,23,26H,8-9,12H2,1-3H3. The minimum Gasteiger partial charge on any atom is -0.465 e.